The fourth-order valence-corrected chi connectivity index (χ4v) is 3.68. The van der Waals surface area contributed by atoms with Crippen molar-refractivity contribution in [2.45, 2.75) is 25.0 Å². The lowest BCUT2D eigenvalue weighted by atomic mass is 10.1. The van der Waals surface area contributed by atoms with E-state index in [1.165, 1.54) is 0 Å². The monoisotopic (exact) mass is 314 g/mol. The van der Waals surface area contributed by atoms with Gasteiger partial charge in [0.15, 0.2) is 0 Å². The van der Waals surface area contributed by atoms with Gasteiger partial charge in [0, 0.05) is 39.9 Å². The number of thiocarbonyl (C=S) groups is 1. The molecule has 1 aromatic rings. The Morgan fingerprint density at radius 2 is 2.16 bits per heavy atom. The van der Waals surface area contributed by atoms with Gasteiger partial charge in [-0.1, -0.05) is 37.7 Å². The number of benzene rings is 1. The molecule has 0 atom stereocenters. The number of hydrogen-bond acceptors (Lipinski definition) is 3. The van der Waals surface area contributed by atoms with E-state index in [2.05, 4.69) is 18.7 Å². The highest BCUT2D eigenvalue weighted by molar-refractivity contribution is 8.00. The summed E-state index contributed by atoms with van der Waals surface area (Å²) >= 11 is 13.2. The van der Waals surface area contributed by atoms with Gasteiger partial charge in [0.05, 0.1) is 0 Å². The Kier molecular flexibility index (Phi) is 4.64. The molecule has 0 spiro atoms. The molecule has 5 heteroatoms. The maximum absolute atomic E-state index is 6.04. The second-order valence-electron chi connectivity index (χ2n) is 5.37. The number of thioether (sulfide) groups is 1. The normalized spacial score (nSPS) is 19.0. The molecule has 2 nitrogen and oxygen atoms in total. The van der Waals surface area contributed by atoms with Crippen molar-refractivity contribution in [2.24, 2.45) is 5.73 Å². The highest BCUT2D eigenvalue weighted by Crippen LogP contribution is 2.33. The first-order valence-electron chi connectivity index (χ1n) is 6.37. The van der Waals surface area contributed by atoms with Crippen LogP contribution >= 0.6 is 35.6 Å². The summed E-state index contributed by atoms with van der Waals surface area (Å²) in [7, 11) is 0. The second-order valence-corrected chi connectivity index (χ2v) is 8.05. The third-order valence-corrected chi connectivity index (χ3v) is 5.23. The van der Waals surface area contributed by atoms with Gasteiger partial charge >= 0.3 is 0 Å². The van der Waals surface area contributed by atoms with Crippen molar-refractivity contribution in [3.63, 3.8) is 0 Å². The van der Waals surface area contributed by atoms with Crippen molar-refractivity contribution in [1.29, 1.82) is 0 Å². The zero-order valence-electron chi connectivity index (χ0n) is 11.3. The zero-order valence-corrected chi connectivity index (χ0v) is 13.7. The summed E-state index contributed by atoms with van der Waals surface area (Å²) in [6, 6.07) is 5.80. The van der Waals surface area contributed by atoms with E-state index >= 15 is 0 Å². The molecule has 0 unspecified atom stereocenters. The Hall–Kier alpha value is -0.450. The predicted octanol–water partition coefficient (Wildman–Crippen LogP) is 3.70. The van der Waals surface area contributed by atoms with Crippen LogP contribution in [0.25, 0.3) is 0 Å². The van der Waals surface area contributed by atoms with Crippen molar-refractivity contribution < 1.29 is 0 Å². The van der Waals surface area contributed by atoms with Gasteiger partial charge < -0.3 is 10.6 Å². The molecular formula is C14H19ClN2S2. The number of nitrogens with two attached hydrogens (primary N) is 1. The van der Waals surface area contributed by atoms with Crippen molar-refractivity contribution in [2.75, 3.05) is 23.7 Å². The number of hydrogen-bond donors (Lipinski definition) is 1. The van der Waals surface area contributed by atoms with Crippen LogP contribution < -0.4 is 10.6 Å². The van der Waals surface area contributed by atoms with Gasteiger partial charge in [-0.15, -0.1) is 0 Å². The third-order valence-electron chi connectivity index (χ3n) is 3.40. The summed E-state index contributed by atoms with van der Waals surface area (Å²) in [6.07, 6.45) is 1.15. The van der Waals surface area contributed by atoms with Crippen LogP contribution in [0.2, 0.25) is 5.02 Å². The van der Waals surface area contributed by atoms with E-state index in [0.29, 0.717) is 14.8 Å². The van der Waals surface area contributed by atoms with Gasteiger partial charge in [-0.05, 0) is 24.6 Å². The molecule has 1 aromatic carbocycles. The summed E-state index contributed by atoms with van der Waals surface area (Å²) in [4.78, 5) is 2.78. The highest BCUT2D eigenvalue weighted by Gasteiger charge is 2.25. The summed E-state index contributed by atoms with van der Waals surface area (Å²) in [5.41, 5.74) is 7.81. The fourth-order valence-electron chi connectivity index (χ4n) is 2.24. The maximum atomic E-state index is 6.04. The van der Waals surface area contributed by atoms with Crippen LogP contribution in [0.4, 0.5) is 5.69 Å². The van der Waals surface area contributed by atoms with Crippen LogP contribution in [0.5, 0.6) is 0 Å². The molecule has 104 valence electrons. The van der Waals surface area contributed by atoms with E-state index in [1.54, 1.807) is 0 Å². The molecule has 2 rings (SSSR count). The first kappa shape index (κ1) is 14.9. The van der Waals surface area contributed by atoms with Crippen LogP contribution in [0.1, 0.15) is 25.8 Å². The summed E-state index contributed by atoms with van der Waals surface area (Å²) < 4.78 is 0.338. The Morgan fingerprint density at radius 1 is 1.42 bits per heavy atom. The molecule has 0 aliphatic carbocycles. The molecule has 0 radical (unpaired) electrons. The molecule has 2 N–H and O–H groups in total. The molecule has 1 aliphatic heterocycles. The average molecular weight is 315 g/mol. The van der Waals surface area contributed by atoms with Gasteiger partial charge in [0.2, 0.25) is 0 Å². The Labute approximate surface area is 129 Å². The molecule has 1 aliphatic rings. The van der Waals surface area contributed by atoms with Gasteiger partial charge in [0.1, 0.15) is 4.99 Å². The van der Waals surface area contributed by atoms with E-state index in [4.69, 9.17) is 29.6 Å². The van der Waals surface area contributed by atoms with Gasteiger partial charge in [-0.2, -0.15) is 11.8 Å². The summed E-state index contributed by atoms with van der Waals surface area (Å²) in [5, 5.41) is 0.677. The van der Waals surface area contributed by atoms with Crippen LogP contribution in [0.3, 0.4) is 0 Å². The lowest BCUT2D eigenvalue weighted by Gasteiger charge is -2.26. The molecule has 1 fully saturated rings. The largest absolute Gasteiger partial charge is 0.389 e. The van der Waals surface area contributed by atoms with E-state index in [-0.39, 0.29) is 0 Å². The fraction of sp³-hybridized carbons (Fsp3) is 0.500. The second kappa shape index (κ2) is 5.90. The average Bonchev–Trinajstić information content (AvgIpc) is 2.50. The molecule has 0 saturated carbocycles. The topological polar surface area (TPSA) is 29.3 Å². The van der Waals surface area contributed by atoms with Gasteiger partial charge in [-0.25, -0.2) is 0 Å². The van der Waals surface area contributed by atoms with Gasteiger partial charge in [-0.3, -0.25) is 0 Å². The van der Waals surface area contributed by atoms with Crippen LogP contribution in [0, 0.1) is 0 Å². The summed E-state index contributed by atoms with van der Waals surface area (Å²) in [5.74, 6) is 1.12. The molecule has 1 heterocycles. The molecule has 0 aromatic heterocycles. The van der Waals surface area contributed by atoms with Crippen LogP contribution in [-0.4, -0.2) is 28.6 Å². The van der Waals surface area contributed by atoms with Crippen molar-refractivity contribution in [3.05, 3.63) is 28.8 Å². The standard InChI is InChI=1S/C14H19ClN2S2/c1-14(2)5-6-17(7-8-19-14)12-4-3-10(15)9-11(12)13(16)18/h3-4,9H,5-8H2,1-2H3,(H2,16,18). The minimum atomic E-state index is 0.338. The minimum absolute atomic E-state index is 0.338. The number of anilines is 1. The predicted molar refractivity (Wildman–Crippen MR) is 90.7 cm³/mol. The van der Waals surface area contributed by atoms with E-state index in [1.807, 2.05) is 30.0 Å². The van der Waals surface area contributed by atoms with E-state index in [0.717, 1.165) is 36.5 Å². The highest BCUT2D eigenvalue weighted by atomic mass is 35.5. The van der Waals surface area contributed by atoms with Crippen molar-refractivity contribution in [1.82, 2.24) is 0 Å². The molecule has 19 heavy (non-hydrogen) atoms. The van der Waals surface area contributed by atoms with Crippen molar-refractivity contribution in [3.8, 4) is 0 Å². The minimum Gasteiger partial charge on any atom is -0.389 e. The third kappa shape index (κ3) is 3.77. The molecule has 0 amide bonds. The van der Waals surface area contributed by atoms with E-state index in [9.17, 15) is 0 Å². The van der Waals surface area contributed by atoms with E-state index < -0.39 is 0 Å². The Bertz CT molecular complexity index is 488. The quantitative estimate of drug-likeness (QED) is 0.843. The first-order chi connectivity index (χ1) is 8.89. The molecule has 1 saturated heterocycles. The number of nitrogens with zero attached hydrogens (tertiary/aromatic N) is 1. The Morgan fingerprint density at radius 3 is 2.84 bits per heavy atom. The SMILES string of the molecule is CC1(C)CCN(c2ccc(Cl)cc2C(N)=S)CCS1. The zero-order chi connectivity index (χ0) is 14.0. The van der Waals surface area contributed by atoms with Gasteiger partial charge in [0.25, 0.3) is 0 Å². The first-order valence-corrected chi connectivity index (χ1v) is 8.14. The Balaban J connectivity index is 2.29. The number of rotatable bonds is 2. The molecular weight excluding hydrogens is 296 g/mol. The molecule has 0 bridgehead atoms. The van der Waals surface area contributed by atoms with Crippen LogP contribution in [-0.2, 0) is 0 Å². The van der Waals surface area contributed by atoms with Crippen molar-refractivity contribution >= 4 is 46.3 Å². The smallest absolute Gasteiger partial charge is 0.106 e. The lowest BCUT2D eigenvalue weighted by Crippen LogP contribution is -2.29. The number of halogens is 1. The summed E-state index contributed by atoms with van der Waals surface area (Å²) in [6.45, 7) is 6.65. The van der Waals surface area contributed by atoms with Crippen LogP contribution in [0.15, 0.2) is 18.2 Å². The maximum Gasteiger partial charge on any atom is 0.106 e. The lowest BCUT2D eigenvalue weighted by molar-refractivity contribution is 0.637.